The highest BCUT2D eigenvalue weighted by Crippen LogP contribution is 2.28. The van der Waals surface area contributed by atoms with Crippen molar-refractivity contribution in [2.75, 3.05) is 5.32 Å². The molecule has 4 rings (SSSR count). The SMILES string of the molecule is Cc1ccc(C2N=C(N)Nc3nc(-c4ccccc4)nn32)cc1. The molecule has 0 saturated carbocycles. The van der Waals surface area contributed by atoms with Gasteiger partial charge in [-0.2, -0.15) is 4.98 Å². The van der Waals surface area contributed by atoms with Crippen molar-refractivity contribution in [1.29, 1.82) is 0 Å². The van der Waals surface area contributed by atoms with Crippen LogP contribution >= 0.6 is 0 Å². The van der Waals surface area contributed by atoms with Crippen molar-refractivity contribution >= 4 is 11.9 Å². The normalized spacial score (nSPS) is 16.4. The molecule has 0 amide bonds. The van der Waals surface area contributed by atoms with E-state index >= 15 is 0 Å². The summed E-state index contributed by atoms with van der Waals surface area (Å²) in [5.74, 6) is 1.59. The summed E-state index contributed by atoms with van der Waals surface area (Å²) >= 11 is 0. The van der Waals surface area contributed by atoms with Crippen LogP contribution in [0.3, 0.4) is 0 Å². The van der Waals surface area contributed by atoms with Crippen molar-refractivity contribution in [3.05, 3.63) is 65.7 Å². The molecule has 3 N–H and O–H groups in total. The number of hydrogen-bond acceptors (Lipinski definition) is 5. The molecule has 0 radical (unpaired) electrons. The van der Waals surface area contributed by atoms with Gasteiger partial charge in [0.1, 0.15) is 0 Å². The minimum absolute atomic E-state index is 0.309. The maximum atomic E-state index is 5.91. The van der Waals surface area contributed by atoms with E-state index in [1.807, 2.05) is 42.5 Å². The van der Waals surface area contributed by atoms with Crippen LogP contribution in [-0.4, -0.2) is 20.7 Å². The number of nitrogens with two attached hydrogens (primary N) is 1. The fourth-order valence-corrected chi connectivity index (χ4v) is 2.58. The van der Waals surface area contributed by atoms with Gasteiger partial charge in [-0.25, -0.2) is 9.67 Å². The van der Waals surface area contributed by atoms with Crippen LogP contribution in [0.15, 0.2) is 59.6 Å². The topological polar surface area (TPSA) is 81.1 Å². The zero-order valence-electron chi connectivity index (χ0n) is 12.6. The Morgan fingerprint density at radius 2 is 1.78 bits per heavy atom. The first-order valence-electron chi connectivity index (χ1n) is 7.39. The quantitative estimate of drug-likeness (QED) is 0.762. The van der Waals surface area contributed by atoms with Crippen molar-refractivity contribution in [3.63, 3.8) is 0 Å². The zero-order valence-corrected chi connectivity index (χ0v) is 12.6. The summed E-state index contributed by atoms with van der Waals surface area (Å²) in [6.45, 7) is 2.05. The molecule has 23 heavy (non-hydrogen) atoms. The molecule has 1 unspecified atom stereocenters. The van der Waals surface area contributed by atoms with Crippen LogP contribution in [0.4, 0.5) is 5.95 Å². The third-order valence-corrected chi connectivity index (χ3v) is 3.77. The van der Waals surface area contributed by atoms with Gasteiger partial charge in [0.25, 0.3) is 0 Å². The summed E-state index contributed by atoms with van der Waals surface area (Å²) in [6.07, 6.45) is -0.309. The van der Waals surface area contributed by atoms with Gasteiger partial charge in [-0.3, -0.25) is 5.32 Å². The number of guanidine groups is 1. The van der Waals surface area contributed by atoms with E-state index in [0.717, 1.165) is 11.1 Å². The molecule has 1 aliphatic rings. The molecule has 0 saturated heterocycles. The van der Waals surface area contributed by atoms with Gasteiger partial charge in [0.15, 0.2) is 17.9 Å². The minimum atomic E-state index is -0.309. The molecule has 0 aliphatic carbocycles. The van der Waals surface area contributed by atoms with E-state index in [9.17, 15) is 0 Å². The summed E-state index contributed by atoms with van der Waals surface area (Å²) in [4.78, 5) is 9.02. The Morgan fingerprint density at radius 3 is 2.52 bits per heavy atom. The van der Waals surface area contributed by atoms with Gasteiger partial charge in [0.2, 0.25) is 5.95 Å². The second kappa shape index (κ2) is 5.24. The first-order chi connectivity index (χ1) is 11.2. The lowest BCUT2D eigenvalue weighted by atomic mass is 10.1. The fraction of sp³-hybridized carbons (Fsp3) is 0.118. The van der Waals surface area contributed by atoms with E-state index in [-0.39, 0.29) is 6.17 Å². The van der Waals surface area contributed by atoms with Crippen molar-refractivity contribution in [1.82, 2.24) is 14.8 Å². The van der Waals surface area contributed by atoms with E-state index in [4.69, 9.17) is 5.73 Å². The molecule has 1 aromatic heterocycles. The van der Waals surface area contributed by atoms with Crippen LogP contribution in [0, 0.1) is 6.92 Å². The summed E-state index contributed by atoms with van der Waals surface area (Å²) in [5, 5.41) is 7.59. The second-order valence-corrected chi connectivity index (χ2v) is 5.49. The molecule has 2 aromatic carbocycles. The summed E-state index contributed by atoms with van der Waals surface area (Å²) in [7, 11) is 0. The number of nitrogens with one attached hydrogen (secondary N) is 1. The first kappa shape index (κ1) is 13.5. The molecule has 114 valence electrons. The smallest absolute Gasteiger partial charge is 0.230 e. The monoisotopic (exact) mass is 304 g/mol. The van der Waals surface area contributed by atoms with Crippen molar-refractivity contribution in [2.24, 2.45) is 10.7 Å². The Bertz CT molecular complexity index is 864. The van der Waals surface area contributed by atoms with Gasteiger partial charge in [-0.15, -0.1) is 5.10 Å². The van der Waals surface area contributed by atoms with E-state index < -0.39 is 0 Å². The predicted molar refractivity (Wildman–Crippen MR) is 90.0 cm³/mol. The van der Waals surface area contributed by atoms with E-state index in [0.29, 0.717) is 17.7 Å². The first-order valence-corrected chi connectivity index (χ1v) is 7.39. The Hall–Kier alpha value is -3.15. The molecule has 6 heteroatoms. The largest absolute Gasteiger partial charge is 0.370 e. The van der Waals surface area contributed by atoms with Crippen molar-refractivity contribution < 1.29 is 0 Å². The number of aryl methyl sites for hydroxylation is 1. The Labute approximate surface area is 133 Å². The number of aromatic nitrogens is 3. The number of benzene rings is 2. The molecule has 1 aliphatic heterocycles. The Balaban J connectivity index is 1.79. The molecular formula is C17H16N6. The molecule has 0 spiro atoms. The summed E-state index contributed by atoms with van der Waals surface area (Å²) < 4.78 is 1.77. The van der Waals surface area contributed by atoms with E-state index in [1.54, 1.807) is 4.68 Å². The zero-order chi connectivity index (χ0) is 15.8. The molecule has 1 atom stereocenters. The molecule has 3 aromatic rings. The van der Waals surface area contributed by atoms with Crippen LogP contribution in [-0.2, 0) is 0 Å². The Kier molecular flexibility index (Phi) is 3.08. The number of anilines is 1. The van der Waals surface area contributed by atoms with E-state index in [1.165, 1.54) is 5.56 Å². The number of aliphatic imine (C=N–C) groups is 1. The van der Waals surface area contributed by atoms with E-state index in [2.05, 4.69) is 39.4 Å². The number of hydrogen-bond donors (Lipinski definition) is 2. The standard InChI is InChI=1S/C17H16N6/c1-11-7-9-13(10-8-11)15-20-16(18)21-17-19-14(22-23(15)17)12-5-3-2-4-6-12/h2-10,15H,1H3,(H3,18,19,20,21,22). The molecule has 0 fully saturated rings. The molecule has 2 heterocycles. The highest BCUT2D eigenvalue weighted by molar-refractivity contribution is 5.92. The van der Waals surface area contributed by atoms with Crippen LogP contribution in [0.5, 0.6) is 0 Å². The van der Waals surface area contributed by atoms with Gasteiger partial charge in [0, 0.05) is 5.56 Å². The highest BCUT2D eigenvalue weighted by atomic mass is 15.5. The van der Waals surface area contributed by atoms with Gasteiger partial charge in [-0.1, -0.05) is 60.2 Å². The van der Waals surface area contributed by atoms with Gasteiger partial charge in [0.05, 0.1) is 0 Å². The second-order valence-electron chi connectivity index (χ2n) is 5.49. The molecule has 0 bridgehead atoms. The maximum absolute atomic E-state index is 5.91. The average molecular weight is 304 g/mol. The van der Waals surface area contributed by atoms with Crippen LogP contribution in [0.2, 0.25) is 0 Å². The fourth-order valence-electron chi connectivity index (χ4n) is 2.58. The molecular weight excluding hydrogens is 288 g/mol. The third-order valence-electron chi connectivity index (χ3n) is 3.77. The lowest BCUT2D eigenvalue weighted by Crippen LogP contribution is -2.32. The molecule has 6 nitrogen and oxygen atoms in total. The minimum Gasteiger partial charge on any atom is -0.370 e. The average Bonchev–Trinajstić information content (AvgIpc) is 2.99. The van der Waals surface area contributed by atoms with Crippen LogP contribution in [0.25, 0.3) is 11.4 Å². The number of rotatable bonds is 2. The number of nitrogens with zero attached hydrogens (tertiary/aromatic N) is 4. The third kappa shape index (κ3) is 2.44. The number of fused-ring (bicyclic) bond motifs is 1. The lowest BCUT2D eigenvalue weighted by Gasteiger charge is -2.21. The van der Waals surface area contributed by atoms with Gasteiger partial charge < -0.3 is 5.73 Å². The van der Waals surface area contributed by atoms with Crippen LogP contribution in [0.1, 0.15) is 17.3 Å². The van der Waals surface area contributed by atoms with Crippen molar-refractivity contribution in [2.45, 2.75) is 13.1 Å². The van der Waals surface area contributed by atoms with Gasteiger partial charge in [-0.05, 0) is 12.5 Å². The van der Waals surface area contributed by atoms with Gasteiger partial charge >= 0.3 is 0 Å². The van der Waals surface area contributed by atoms with Crippen molar-refractivity contribution in [3.8, 4) is 11.4 Å². The Morgan fingerprint density at radius 1 is 1.04 bits per heavy atom. The summed E-state index contributed by atoms with van der Waals surface area (Å²) in [5.41, 5.74) is 9.09. The lowest BCUT2D eigenvalue weighted by molar-refractivity contribution is 0.542. The predicted octanol–water partition coefficient (Wildman–Crippen LogP) is 2.54. The van der Waals surface area contributed by atoms with Crippen LogP contribution < -0.4 is 11.1 Å². The maximum Gasteiger partial charge on any atom is 0.230 e. The highest BCUT2D eigenvalue weighted by Gasteiger charge is 2.25. The summed E-state index contributed by atoms with van der Waals surface area (Å²) in [6, 6.07) is 18.0.